The van der Waals surface area contributed by atoms with Crippen molar-refractivity contribution in [3.63, 3.8) is 0 Å². The minimum atomic E-state index is 0.171. The maximum atomic E-state index is 9.18. The first kappa shape index (κ1) is 18.4. The van der Waals surface area contributed by atoms with E-state index in [0.717, 1.165) is 50.1 Å². The molecule has 1 aliphatic rings. The molecule has 1 aromatic rings. The van der Waals surface area contributed by atoms with Gasteiger partial charge in [0, 0.05) is 45.9 Å². The van der Waals surface area contributed by atoms with Crippen molar-refractivity contribution in [2.75, 3.05) is 57.9 Å². The third kappa shape index (κ3) is 4.77. The summed E-state index contributed by atoms with van der Waals surface area (Å²) in [4.78, 5) is 9.32. The van der Waals surface area contributed by atoms with E-state index < -0.39 is 0 Å². The molecular weight excluding hydrogens is 304 g/mol. The first-order valence-corrected chi connectivity index (χ1v) is 8.71. The van der Waals surface area contributed by atoms with Gasteiger partial charge in [-0.2, -0.15) is 0 Å². The number of nitrogens with one attached hydrogen (secondary N) is 1. The van der Waals surface area contributed by atoms with Gasteiger partial charge in [0.15, 0.2) is 5.96 Å². The summed E-state index contributed by atoms with van der Waals surface area (Å²) >= 11 is 0. The molecule has 134 valence electrons. The van der Waals surface area contributed by atoms with Gasteiger partial charge in [-0.3, -0.25) is 4.99 Å². The Morgan fingerprint density at radius 3 is 2.62 bits per heavy atom. The number of nitrogens with zero attached hydrogens (tertiary/aromatic N) is 3. The zero-order valence-corrected chi connectivity index (χ0v) is 15.0. The molecule has 1 heterocycles. The predicted molar refractivity (Wildman–Crippen MR) is 99.0 cm³/mol. The number of ether oxygens (including phenoxy) is 1. The molecule has 0 amide bonds. The van der Waals surface area contributed by atoms with Crippen LogP contribution in [0.5, 0.6) is 5.75 Å². The van der Waals surface area contributed by atoms with Crippen LogP contribution in [0.2, 0.25) is 0 Å². The van der Waals surface area contributed by atoms with E-state index in [4.69, 9.17) is 4.74 Å². The highest BCUT2D eigenvalue weighted by Gasteiger charge is 2.21. The van der Waals surface area contributed by atoms with Crippen LogP contribution in [0.3, 0.4) is 0 Å². The molecule has 2 N–H and O–H groups in total. The number of aliphatic imine (C=N–C) groups is 1. The molecule has 0 aromatic heterocycles. The number of aliphatic hydroxyl groups is 1. The Hall–Kier alpha value is -1.95. The highest BCUT2D eigenvalue weighted by Crippen LogP contribution is 2.28. The van der Waals surface area contributed by atoms with Crippen LogP contribution in [0, 0.1) is 5.92 Å². The fourth-order valence-electron chi connectivity index (χ4n) is 2.78. The van der Waals surface area contributed by atoms with Gasteiger partial charge >= 0.3 is 0 Å². The second kappa shape index (κ2) is 9.37. The Balaban J connectivity index is 1.99. The molecule has 1 aromatic carbocycles. The molecule has 0 aliphatic carbocycles. The predicted octanol–water partition coefficient (Wildman–Crippen LogP) is 1.41. The number of piperazine rings is 1. The largest absolute Gasteiger partial charge is 0.495 e. The molecule has 6 heteroatoms. The lowest BCUT2D eigenvalue weighted by Crippen LogP contribution is -2.52. The van der Waals surface area contributed by atoms with Crippen molar-refractivity contribution < 1.29 is 9.84 Å². The highest BCUT2D eigenvalue weighted by molar-refractivity contribution is 5.80. The monoisotopic (exact) mass is 334 g/mol. The maximum Gasteiger partial charge on any atom is 0.194 e. The molecule has 0 bridgehead atoms. The van der Waals surface area contributed by atoms with Crippen LogP contribution >= 0.6 is 0 Å². The number of anilines is 1. The fourth-order valence-corrected chi connectivity index (χ4v) is 2.78. The van der Waals surface area contributed by atoms with Gasteiger partial charge in [-0.05, 0) is 25.0 Å². The normalized spacial score (nSPS) is 16.9. The number of rotatable bonds is 6. The van der Waals surface area contributed by atoms with Gasteiger partial charge in [-0.25, -0.2) is 0 Å². The molecular formula is C18H30N4O2. The van der Waals surface area contributed by atoms with Gasteiger partial charge in [-0.15, -0.1) is 0 Å². The lowest BCUT2D eigenvalue weighted by Gasteiger charge is -2.38. The molecule has 0 radical (unpaired) electrons. The van der Waals surface area contributed by atoms with Gasteiger partial charge in [0.2, 0.25) is 0 Å². The summed E-state index contributed by atoms with van der Waals surface area (Å²) in [6.07, 6.45) is 0. The smallest absolute Gasteiger partial charge is 0.194 e. The number of methoxy groups -OCH3 is 1. The summed E-state index contributed by atoms with van der Waals surface area (Å²) in [6, 6.07) is 8.16. The number of aliphatic hydroxyl groups excluding tert-OH is 1. The standard InChI is InChI=1S/C18H30N4O2/c1-4-19-18(20-13-15(2)14-23)22-11-9-21(10-12-22)16-7-5-6-8-17(16)24-3/h5-8,15,23H,4,9-14H2,1-3H3,(H,19,20). The Labute approximate surface area is 145 Å². The summed E-state index contributed by atoms with van der Waals surface area (Å²) in [5.74, 6) is 2.05. The second-order valence-electron chi connectivity index (χ2n) is 6.13. The van der Waals surface area contributed by atoms with Crippen molar-refractivity contribution in [3.05, 3.63) is 24.3 Å². The van der Waals surface area contributed by atoms with Gasteiger partial charge < -0.3 is 25.0 Å². The molecule has 1 atom stereocenters. The lowest BCUT2D eigenvalue weighted by atomic mass is 10.2. The molecule has 1 fully saturated rings. The number of benzene rings is 1. The van der Waals surface area contributed by atoms with E-state index in [0.29, 0.717) is 6.54 Å². The summed E-state index contributed by atoms with van der Waals surface area (Å²) in [7, 11) is 1.72. The van der Waals surface area contributed by atoms with Gasteiger partial charge in [0.25, 0.3) is 0 Å². The molecule has 2 rings (SSSR count). The third-order valence-corrected chi connectivity index (χ3v) is 4.20. The van der Waals surface area contributed by atoms with Gasteiger partial charge in [0.05, 0.1) is 12.8 Å². The van der Waals surface area contributed by atoms with E-state index in [1.54, 1.807) is 7.11 Å². The first-order valence-electron chi connectivity index (χ1n) is 8.71. The third-order valence-electron chi connectivity index (χ3n) is 4.20. The van der Waals surface area contributed by atoms with E-state index in [1.807, 2.05) is 25.1 Å². The second-order valence-corrected chi connectivity index (χ2v) is 6.13. The Kier molecular flexibility index (Phi) is 7.18. The number of para-hydroxylation sites is 2. The fraction of sp³-hybridized carbons (Fsp3) is 0.611. The topological polar surface area (TPSA) is 60.3 Å². The number of guanidine groups is 1. The van der Waals surface area contributed by atoms with E-state index in [2.05, 4.69) is 33.1 Å². The minimum absolute atomic E-state index is 0.171. The van der Waals surface area contributed by atoms with E-state index >= 15 is 0 Å². The van der Waals surface area contributed by atoms with Crippen LogP contribution in [0.25, 0.3) is 0 Å². The van der Waals surface area contributed by atoms with Gasteiger partial charge in [-0.1, -0.05) is 19.1 Å². The van der Waals surface area contributed by atoms with Crippen LogP contribution in [0.15, 0.2) is 29.3 Å². The Morgan fingerprint density at radius 1 is 1.29 bits per heavy atom. The zero-order valence-electron chi connectivity index (χ0n) is 15.0. The molecule has 1 aliphatic heterocycles. The van der Waals surface area contributed by atoms with E-state index in [1.165, 1.54) is 0 Å². The summed E-state index contributed by atoms with van der Waals surface area (Å²) < 4.78 is 5.47. The number of hydrogen-bond acceptors (Lipinski definition) is 4. The van der Waals surface area contributed by atoms with Crippen LogP contribution < -0.4 is 15.0 Å². The van der Waals surface area contributed by atoms with Crippen molar-refractivity contribution in [1.29, 1.82) is 0 Å². The Morgan fingerprint density at radius 2 is 2.00 bits per heavy atom. The van der Waals surface area contributed by atoms with E-state index in [-0.39, 0.29) is 12.5 Å². The first-order chi connectivity index (χ1) is 11.7. The molecule has 0 spiro atoms. The van der Waals surface area contributed by atoms with Crippen molar-refractivity contribution >= 4 is 11.6 Å². The molecule has 1 unspecified atom stereocenters. The quantitative estimate of drug-likeness (QED) is 0.608. The molecule has 24 heavy (non-hydrogen) atoms. The SMILES string of the molecule is CCNC(=NCC(C)CO)N1CCN(c2ccccc2OC)CC1. The molecule has 0 saturated carbocycles. The van der Waals surface area contributed by atoms with Crippen molar-refractivity contribution in [3.8, 4) is 5.75 Å². The van der Waals surface area contributed by atoms with Crippen LogP contribution in [-0.4, -0.2) is 69.0 Å². The minimum Gasteiger partial charge on any atom is -0.495 e. The maximum absolute atomic E-state index is 9.18. The zero-order chi connectivity index (χ0) is 17.4. The molecule has 6 nitrogen and oxygen atoms in total. The van der Waals surface area contributed by atoms with E-state index in [9.17, 15) is 5.11 Å². The Bertz CT molecular complexity index is 528. The highest BCUT2D eigenvalue weighted by atomic mass is 16.5. The summed E-state index contributed by atoms with van der Waals surface area (Å²) in [5, 5.41) is 12.5. The van der Waals surface area contributed by atoms with Crippen LogP contribution in [0.1, 0.15) is 13.8 Å². The summed E-state index contributed by atoms with van der Waals surface area (Å²) in [5.41, 5.74) is 1.15. The average molecular weight is 334 g/mol. The molecule has 1 saturated heterocycles. The van der Waals surface area contributed by atoms with Crippen LogP contribution in [0.4, 0.5) is 5.69 Å². The van der Waals surface area contributed by atoms with Crippen molar-refractivity contribution in [1.82, 2.24) is 10.2 Å². The average Bonchev–Trinajstić information content (AvgIpc) is 2.65. The van der Waals surface area contributed by atoms with Crippen LogP contribution in [-0.2, 0) is 0 Å². The summed E-state index contributed by atoms with van der Waals surface area (Å²) in [6.45, 7) is 9.44. The van der Waals surface area contributed by atoms with Gasteiger partial charge in [0.1, 0.15) is 5.75 Å². The van der Waals surface area contributed by atoms with Crippen molar-refractivity contribution in [2.45, 2.75) is 13.8 Å². The number of hydrogen-bond donors (Lipinski definition) is 2. The lowest BCUT2D eigenvalue weighted by molar-refractivity contribution is 0.241. The van der Waals surface area contributed by atoms with Crippen molar-refractivity contribution in [2.24, 2.45) is 10.9 Å².